The van der Waals surface area contributed by atoms with E-state index >= 15 is 0 Å². The Hall–Kier alpha value is -2.93. The van der Waals surface area contributed by atoms with E-state index in [-0.39, 0.29) is 17.6 Å². The third kappa shape index (κ3) is 5.67. The molecule has 1 fully saturated rings. The Balaban J connectivity index is 1.83. The van der Waals surface area contributed by atoms with Crippen LogP contribution in [0.2, 0.25) is 0 Å². The Labute approximate surface area is 214 Å². The molecule has 0 N–H and O–H groups in total. The molecule has 7 heteroatoms. The molecule has 1 saturated carbocycles. The monoisotopic (exact) mass is 537 g/mol. The summed E-state index contributed by atoms with van der Waals surface area (Å²) >= 11 is 3.48. The number of ether oxygens (including phenoxy) is 2. The number of hydrogen-bond acceptors (Lipinski definition) is 5. The zero-order valence-corrected chi connectivity index (χ0v) is 22.2. The molecule has 6 nitrogen and oxygen atoms in total. The van der Waals surface area contributed by atoms with Crippen LogP contribution in [0.25, 0.3) is 10.9 Å². The van der Waals surface area contributed by atoms with E-state index in [1.165, 1.54) is 11.1 Å². The number of aromatic nitrogens is 2. The standard InChI is InChI=1S/C28H32BrN3O3/c1-5-9-21-14-19(15-25(34-4)26(21)35-18(2)3)17-30-32-27(20-10-7-6-8-11-20)31-24-13-12-22(29)16-23(24)28(32)33/h5,12-18,20H,1,6-11H2,2-4H3. The molecule has 1 heterocycles. The van der Waals surface area contributed by atoms with E-state index in [0.29, 0.717) is 28.8 Å². The number of hydrogen-bond donors (Lipinski definition) is 0. The fourth-order valence-corrected chi connectivity index (χ4v) is 4.97. The molecule has 35 heavy (non-hydrogen) atoms. The van der Waals surface area contributed by atoms with Crippen molar-refractivity contribution in [2.45, 2.75) is 64.4 Å². The van der Waals surface area contributed by atoms with Gasteiger partial charge in [-0.15, -0.1) is 6.58 Å². The molecular weight excluding hydrogens is 506 g/mol. The minimum atomic E-state index is -0.161. The van der Waals surface area contributed by atoms with E-state index in [9.17, 15) is 4.79 Å². The van der Waals surface area contributed by atoms with E-state index in [0.717, 1.165) is 47.1 Å². The predicted molar refractivity (Wildman–Crippen MR) is 145 cm³/mol. The van der Waals surface area contributed by atoms with Gasteiger partial charge in [-0.3, -0.25) is 4.79 Å². The Bertz CT molecular complexity index is 1310. The van der Waals surface area contributed by atoms with Crippen molar-refractivity contribution in [2.24, 2.45) is 5.10 Å². The van der Waals surface area contributed by atoms with Gasteiger partial charge in [0.15, 0.2) is 11.5 Å². The quantitative estimate of drug-likeness (QED) is 0.239. The van der Waals surface area contributed by atoms with Crippen molar-refractivity contribution in [1.82, 2.24) is 9.66 Å². The Morgan fingerprint density at radius 2 is 2.00 bits per heavy atom. The second kappa shape index (κ2) is 11.2. The number of halogens is 1. The summed E-state index contributed by atoms with van der Waals surface area (Å²) in [5.74, 6) is 2.28. The molecule has 1 aliphatic rings. The molecule has 0 amide bonds. The van der Waals surface area contributed by atoms with Crippen molar-refractivity contribution in [1.29, 1.82) is 0 Å². The van der Waals surface area contributed by atoms with Gasteiger partial charge in [0.2, 0.25) is 0 Å². The van der Waals surface area contributed by atoms with Crippen LogP contribution in [-0.2, 0) is 6.42 Å². The summed E-state index contributed by atoms with van der Waals surface area (Å²) in [7, 11) is 1.62. The summed E-state index contributed by atoms with van der Waals surface area (Å²) in [4.78, 5) is 18.5. The molecule has 1 aromatic heterocycles. The maximum absolute atomic E-state index is 13.6. The highest BCUT2D eigenvalue weighted by Crippen LogP contribution is 2.35. The van der Waals surface area contributed by atoms with Crippen LogP contribution in [0.3, 0.4) is 0 Å². The third-order valence-corrected chi connectivity index (χ3v) is 6.71. The van der Waals surface area contributed by atoms with Crippen LogP contribution in [-0.4, -0.2) is 29.1 Å². The van der Waals surface area contributed by atoms with E-state index in [2.05, 4.69) is 27.6 Å². The van der Waals surface area contributed by atoms with Crippen molar-refractivity contribution < 1.29 is 9.47 Å². The van der Waals surface area contributed by atoms with E-state index in [1.54, 1.807) is 13.3 Å². The van der Waals surface area contributed by atoms with Gasteiger partial charge in [-0.25, -0.2) is 4.98 Å². The van der Waals surface area contributed by atoms with Gasteiger partial charge in [0.05, 0.1) is 30.3 Å². The number of rotatable bonds is 8. The average Bonchev–Trinajstić information content (AvgIpc) is 2.85. The van der Waals surface area contributed by atoms with E-state index < -0.39 is 0 Å². The highest BCUT2D eigenvalue weighted by atomic mass is 79.9. The number of fused-ring (bicyclic) bond motifs is 1. The summed E-state index contributed by atoms with van der Waals surface area (Å²) in [5, 5.41) is 5.22. The zero-order chi connectivity index (χ0) is 24.9. The summed E-state index contributed by atoms with van der Waals surface area (Å²) < 4.78 is 14.0. The molecular formula is C28H32BrN3O3. The van der Waals surface area contributed by atoms with Gasteiger partial charge in [0.1, 0.15) is 5.82 Å². The summed E-state index contributed by atoms with van der Waals surface area (Å²) in [6, 6.07) is 9.50. The van der Waals surface area contributed by atoms with Crippen molar-refractivity contribution in [2.75, 3.05) is 7.11 Å². The molecule has 1 aliphatic carbocycles. The van der Waals surface area contributed by atoms with E-state index in [4.69, 9.17) is 14.5 Å². The number of methoxy groups -OCH3 is 1. The second-order valence-electron chi connectivity index (χ2n) is 9.20. The van der Waals surface area contributed by atoms with Crippen LogP contribution in [0.5, 0.6) is 11.5 Å². The van der Waals surface area contributed by atoms with Crippen LogP contribution in [0.15, 0.2) is 57.4 Å². The van der Waals surface area contributed by atoms with Crippen LogP contribution in [0, 0.1) is 0 Å². The number of nitrogens with zero attached hydrogens (tertiary/aromatic N) is 3. The Kier molecular flexibility index (Phi) is 8.06. The topological polar surface area (TPSA) is 65.7 Å². The maximum Gasteiger partial charge on any atom is 0.282 e. The first-order valence-electron chi connectivity index (χ1n) is 12.2. The van der Waals surface area contributed by atoms with Crippen LogP contribution < -0.4 is 15.0 Å². The summed E-state index contributed by atoms with van der Waals surface area (Å²) in [5.41, 5.74) is 2.31. The van der Waals surface area contributed by atoms with Crippen molar-refractivity contribution in [3.8, 4) is 11.5 Å². The average molecular weight is 538 g/mol. The zero-order valence-electron chi connectivity index (χ0n) is 20.6. The van der Waals surface area contributed by atoms with E-state index in [1.807, 2.05) is 50.3 Å². The molecule has 4 rings (SSSR count). The molecule has 184 valence electrons. The maximum atomic E-state index is 13.6. The first kappa shape index (κ1) is 25.2. The highest BCUT2D eigenvalue weighted by Gasteiger charge is 2.22. The van der Waals surface area contributed by atoms with Gasteiger partial charge in [0.25, 0.3) is 5.56 Å². The normalized spacial score (nSPS) is 14.7. The predicted octanol–water partition coefficient (Wildman–Crippen LogP) is 6.61. The van der Waals surface area contributed by atoms with Gasteiger partial charge in [-0.05, 0) is 69.0 Å². The molecule has 0 saturated heterocycles. The molecule has 0 bridgehead atoms. The van der Waals surface area contributed by atoms with Gasteiger partial charge in [-0.1, -0.05) is 41.3 Å². The Morgan fingerprint density at radius 1 is 1.23 bits per heavy atom. The lowest BCUT2D eigenvalue weighted by Gasteiger charge is -2.22. The number of benzene rings is 2. The van der Waals surface area contributed by atoms with Crippen LogP contribution in [0.4, 0.5) is 0 Å². The smallest absolute Gasteiger partial charge is 0.282 e. The molecule has 0 unspecified atom stereocenters. The first-order valence-corrected chi connectivity index (χ1v) is 13.0. The molecule has 0 spiro atoms. The minimum Gasteiger partial charge on any atom is -0.493 e. The van der Waals surface area contributed by atoms with Gasteiger partial charge >= 0.3 is 0 Å². The first-order chi connectivity index (χ1) is 16.9. The summed E-state index contributed by atoms with van der Waals surface area (Å²) in [6.07, 6.45) is 9.70. The van der Waals surface area contributed by atoms with Crippen molar-refractivity contribution in [3.63, 3.8) is 0 Å². The molecule has 3 aromatic rings. The van der Waals surface area contributed by atoms with Crippen molar-refractivity contribution >= 4 is 33.0 Å². The van der Waals surface area contributed by atoms with Gasteiger partial charge in [-0.2, -0.15) is 9.78 Å². The van der Waals surface area contributed by atoms with Crippen molar-refractivity contribution in [3.05, 3.63) is 74.8 Å². The fraction of sp³-hybridized carbons (Fsp3) is 0.393. The fourth-order valence-electron chi connectivity index (χ4n) is 4.61. The molecule has 0 aliphatic heterocycles. The lowest BCUT2D eigenvalue weighted by atomic mass is 9.88. The van der Waals surface area contributed by atoms with Gasteiger partial charge in [0, 0.05) is 16.0 Å². The molecule has 0 radical (unpaired) electrons. The summed E-state index contributed by atoms with van der Waals surface area (Å²) in [6.45, 7) is 7.84. The molecule has 2 aromatic carbocycles. The molecule has 0 atom stereocenters. The SMILES string of the molecule is C=CCc1cc(C=Nn2c(C3CCCCC3)nc3ccc(Br)cc3c2=O)cc(OC)c1OC(C)C. The van der Waals surface area contributed by atoms with Gasteiger partial charge < -0.3 is 9.47 Å². The lowest BCUT2D eigenvalue weighted by molar-refractivity contribution is 0.228. The third-order valence-electron chi connectivity index (χ3n) is 6.22. The minimum absolute atomic E-state index is 0.00612. The second-order valence-corrected chi connectivity index (χ2v) is 10.1. The van der Waals surface area contributed by atoms with Crippen LogP contribution in [0.1, 0.15) is 68.8 Å². The largest absolute Gasteiger partial charge is 0.493 e. The van der Waals surface area contributed by atoms with Crippen LogP contribution >= 0.6 is 15.9 Å². The Morgan fingerprint density at radius 3 is 2.69 bits per heavy atom. The lowest BCUT2D eigenvalue weighted by Crippen LogP contribution is -2.25. The number of allylic oxidation sites excluding steroid dienone is 1. The highest BCUT2D eigenvalue weighted by molar-refractivity contribution is 9.10.